The van der Waals surface area contributed by atoms with Crippen molar-refractivity contribution >= 4 is 37.5 Å². The van der Waals surface area contributed by atoms with Gasteiger partial charge >= 0.3 is 5.69 Å². The summed E-state index contributed by atoms with van der Waals surface area (Å²) in [7, 11) is 2.07. The van der Waals surface area contributed by atoms with E-state index >= 15 is 0 Å². The smallest absolute Gasteiger partial charge is 0.306 e. The SMILES string of the molecule is CN1CCC(n2c(=O)[nH]c3scc(-c4ccc(Br)cc4)c3c2=O)CC1. The molecule has 130 valence electrons. The Balaban J connectivity index is 1.88. The van der Waals surface area contributed by atoms with Gasteiger partial charge in [0.2, 0.25) is 0 Å². The molecular weight excluding hydrogens is 402 g/mol. The number of halogens is 1. The molecule has 3 heterocycles. The Morgan fingerprint density at radius 1 is 1.16 bits per heavy atom. The summed E-state index contributed by atoms with van der Waals surface area (Å²) in [4.78, 5) is 31.5. The summed E-state index contributed by atoms with van der Waals surface area (Å²) >= 11 is 4.84. The van der Waals surface area contributed by atoms with Crippen LogP contribution < -0.4 is 11.2 Å². The van der Waals surface area contributed by atoms with Crippen molar-refractivity contribution in [3.8, 4) is 11.1 Å². The van der Waals surface area contributed by atoms with Crippen LogP contribution in [0.25, 0.3) is 21.3 Å². The molecule has 1 aliphatic rings. The third kappa shape index (κ3) is 3.01. The van der Waals surface area contributed by atoms with E-state index in [1.807, 2.05) is 29.6 Å². The number of likely N-dealkylation sites (tertiary alicyclic amines) is 1. The molecule has 0 aliphatic carbocycles. The second-order valence-electron chi connectivity index (χ2n) is 6.50. The highest BCUT2D eigenvalue weighted by molar-refractivity contribution is 9.10. The zero-order valence-electron chi connectivity index (χ0n) is 13.8. The molecule has 4 rings (SSSR count). The molecule has 1 N–H and O–H groups in total. The molecule has 0 unspecified atom stereocenters. The van der Waals surface area contributed by atoms with E-state index in [1.165, 1.54) is 15.9 Å². The molecular formula is C18H18BrN3O2S. The van der Waals surface area contributed by atoms with Gasteiger partial charge in [-0.15, -0.1) is 11.3 Å². The molecule has 7 heteroatoms. The minimum Gasteiger partial charge on any atom is -0.306 e. The zero-order valence-corrected chi connectivity index (χ0v) is 16.2. The number of aromatic nitrogens is 2. The van der Waals surface area contributed by atoms with Crippen LogP contribution in [0.4, 0.5) is 0 Å². The minimum absolute atomic E-state index is 0.0329. The summed E-state index contributed by atoms with van der Waals surface area (Å²) in [6.45, 7) is 1.80. The van der Waals surface area contributed by atoms with Crippen molar-refractivity contribution < 1.29 is 0 Å². The van der Waals surface area contributed by atoms with E-state index in [1.54, 1.807) is 0 Å². The quantitative estimate of drug-likeness (QED) is 0.691. The molecule has 0 bridgehead atoms. The lowest BCUT2D eigenvalue weighted by molar-refractivity contribution is 0.216. The summed E-state index contributed by atoms with van der Waals surface area (Å²) in [6, 6.07) is 7.85. The van der Waals surface area contributed by atoms with Crippen molar-refractivity contribution in [3.05, 3.63) is 55.0 Å². The number of nitrogens with one attached hydrogen (secondary N) is 1. The maximum Gasteiger partial charge on any atom is 0.329 e. The Bertz CT molecular complexity index is 1030. The van der Waals surface area contributed by atoms with Crippen LogP contribution >= 0.6 is 27.3 Å². The molecule has 1 saturated heterocycles. The van der Waals surface area contributed by atoms with Crippen LogP contribution in [0.2, 0.25) is 0 Å². The minimum atomic E-state index is -0.295. The summed E-state index contributed by atoms with van der Waals surface area (Å²) in [6.07, 6.45) is 1.64. The van der Waals surface area contributed by atoms with Crippen molar-refractivity contribution in [1.82, 2.24) is 14.5 Å². The fraction of sp³-hybridized carbons (Fsp3) is 0.333. The lowest BCUT2D eigenvalue weighted by Crippen LogP contribution is -2.42. The molecule has 5 nitrogen and oxygen atoms in total. The van der Waals surface area contributed by atoms with Gasteiger partial charge in [-0.2, -0.15) is 0 Å². The monoisotopic (exact) mass is 419 g/mol. The topological polar surface area (TPSA) is 58.1 Å². The van der Waals surface area contributed by atoms with E-state index in [4.69, 9.17) is 0 Å². The van der Waals surface area contributed by atoms with Crippen LogP contribution in [0.15, 0.2) is 43.7 Å². The molecule has 0 spiro atoms. The zero-order chi connectivity index (χ0) is 17.6. The first-order valence-corrected chi connectivity index (χ1v) is 9.92. The van der Waals surface area contributed by atoms with Crippen LogP contribution in [-0.2, 0) is 0 Å². The van der Waals surface area contributed by atoms with Gasteiger partial charge in [-0.1, -0.05) is 28.1 Å². The van der Waals surface area contributed by atoms with Gasteiger partial charge in [0.1, 0.15) is 4.83 Å². The molecule has 1 aliphatic heterocycles. The Kier molecular flexibility index (Phi) is 4.39. The number of rotatable bonds is 2. The van der Waals surface area contributed by atoms with Gasteiger partial charge in [0, 0.05) is 21.5 Å². The molecule has 0 amide bonds. The van der Waals surface area contributed by atoms with Crippen LogP contribution in [0.3, 0.4) is 0 Å². The molecule has 3 aromatic rings. The van der Waals surface area contributed by atoms with E-state index in [2.05, 4.69) is 32.9 Å². The molecule has 0 radical (unpaired) electrons. The van der Waals surface area contributed by atoms with Crippen LogP contribution in [-0.4, -0.2) is 34.6 Å². The Morgan fingerprint density at radius 3 is 2.52 bits per heavy atom. The predicted molar refractivity (Wildman–Crippen MR) is 106 cm³/mol. The van der Waals surface area contributed by atoms with Gasteiger partial charge in [-0.25, -0.2) is 4.79 Å². The Labute approximate surface area is 157 Å². The lowest BCUT2D eigenvalue weighted by Gasteiger charge is -2.29. The van der Waals surface area contributed by atoms with E-state index in [-0.39, 0.29) is 17.3 Å². The van der Waals surface area contributed by atoms with Gasteiger partial charge in [0.15, 0.2) is 0 Å². The summed E-state index contributed by atoms with van der Waals surface area (Å²) in [5, 5.41) is 2.57. The van der Waals surface area contributed by atoms with E-state index in [0.717, 1.165) is 41.5 Å². The number of H-pyrrole nitrogens is 1. The fourth-order valence-electron chi connectivity index (χ4n) is 3.46. The largest absolute Gasteiger partial charge is 0.329 e. The van der Waals surface area contributed by atoms with Gasteiger partial charge in [-0.05, 0) is 50.7 Å². The first-order chi connectivity index (χ1) is 12.0. The number of aromatic amines is 1. The van der Waals surface area contributed by atoms with E-state index < -0.39 is 0 Å². The number of benzene rings is 1. The average Bonchev–Trinajstić information content (AvgIpc) is 3.01. The van der Waals surface area contributed by atoms with E-state index in [9.17, 15) is 9.59 Å². The summed E-state index contributed by atoms with van der Waals surface area (Å²) in [5.41, 5.74) is 1.40. The standard InChI is InChI=1S/C18H18BrN3O2S/c1-21-8-6-13(7-9-21)22-17(23)15-14(10-25-16(15)20-18(22)24)11-2-4-12(19)5-3-11/h2-5,10,13H,6-9H2,1H3,(H,20,24). The van der Waals surface area contributed by atoms with Crippen molar-refractivity contribution in [2.45, 2.75) is 18.9 Å². The highest BCUT2D eigenvalue weighted by Crippen LogP contribution is 2.31. The number of hydrogen-bond donors (Lipinski definition) is 1. The van der Waals surface area contributed by atoms with E-state index in [0.29, 0.717) is 10.2 Å². The van der Waals surface area contributed by atoms with Crippen LogP contribution in [0.5, 0.6) is 0 Å². The molecule has 1 fully saturated rings. The molecule has 25 heavy (non-hydrogen) atoms. The first kappa shape index (κ1) is 16.8. The number of nitrogens with zero attached hydrogens (tertiary/aromatic N) is 2. The molecule has 1 aromatic carbocycles. The maximum absolute atomic E-state index is 13.2. The number of fused-ring (bicyclic) bond motifs is 1. The highest BCUT2D eigenvalue weighted by Gasteiger charge is 2.23. The van der Waals surface area contributed by atoms with Crippen LogP contribution in [0, 0.1) is 0 Å². The lowest BCUT2D eigenvalue weighted by atomic mass is 10.0. The number of thiophene rings is 1. The predicted octanol–water partition coefficient (Wildman–Crippen LogP) is 3.45. The fourth-order valence-corrected chi connectivity index (χ4v) is 4.67. The Hall–Kier alpha value is -1.70. The Morgan fingerprint density at radius 2 is 1.84 bits per heavy atom. The highest BCUT2D eigenvalue weighted by atomic mass is 79.9. The van der Waals surface area contributed by atoms with Crippen molar-refractivity contribution in [3.63, 3.8) is 0 Å². The number of piperidine rings is 1. The molecule has 0 atom stereocenters. The molecule has 2 aromatic heterocycles. The first-order valence-electron chi connectivity index (χ1n) is 8.25. The third-order valence-corrected chi connectivity index (χ3v) is 6.30. The van der Waals surface area contributed by atoms with Gasteiger partial charge in [-0.3, -0.25) is 14.3 Å². The normalized spacial score (nSPS) is 16.6. The van der Waals surface area contributed by atoms with Crippen molar-refractivity contribution in [2.24, 2.45) is 0 Å². The average molecular weight is 420 g/mol. The van der Waals surface area contributed by atoms with Crippen molar-refractivity contribution in [1.29, 1.82) is 0 Å². The third-order valence-electron chi connectivity index (χ3n) is 4.87. The molecule has 0 saturated carbocycles. The second-order valence-corrected chi connectivity index (χ2v) is 8.30. The van der Waals surface area contributed by atoms with Crippen molar-refractivity contribution in [2.75, 3.05) is 20.1 Å². The number of hydrogen-bond acceptors (Lipinski definition) is 4. The van der Waals surface area contributed by atoms with Crippen LogP contribution in [0.1, 0.15) is 18.9 Å². The van der Waals surface area contributed by atoms with Gasteiger partial charge < -0.3 is 4.90 Å². The second kappa shape index (κ2) is 6.55. The summed E-state index contributed by atoms with van der Waals surface area (Å²) in [5.74, 6) is 0. The summed E-state index contributed by atoms with van der Waals surface area (Å²) < 4.78 is 2.43. The van der Waals surface area contributed by atoms with Gasteiger partial charge in [0.25, 0.3) is 5.56 Å². The van der Waals surface area contributed by atoms with Gasteiger partial charge in [0.05, 0.1) is 5.39 Å². The maximum atomic E-state index is 13.2.